The molecule has 3 rings (SSSR count). The molecular formula is C20H29FN2O. The molecular weight excluding hydrogens is 303 g/mol. The number of nitrogens with one attached hydrogen (secondary N) is 1. The minimum absolute atomic E-state index is 0.162. The number of carbonyl (C=O) groups is 1. The van der Waals surface area contributed by atoms with Gasteiger partial charge >= 0.3 is 0 Å². The Hall–Kier alpha value is -1.42. The number of amides is 1. The van der Waals surface area contributed by atoms with E-state index in [0.29, 0.717) is 18.0 Å². The van der Waals surface area contributed by atoms with Crippen LogP contribution in [0.4, 0.5) is 4.39 Å². The zero-order valence-corrected chi connectivity index (χ0v) is 14.6. The largest absolute Gasteiger partial charge is 0.339 e. The molecule has 132 valence electrons. The number of halogens is 1. The first-order valence-electron chi connectivity index (χ1n) is 9.42. The molecule has 0 aromatic heterocycles. The molecule has 2 aliphatic rings. The van der Waals surface area contributed by atoms with E-state index in [1.54, 1.807) is 0 Å². The first-order chi connectivity index (χ1) is 11.6. The van der Waals surface area contributed by atoms with Crippen LogP contribution in [-0.4, -0.2) is 36.0 Å². The van der Waals surface area contributed by atoms with Crippen molar-refractivity contribution in [1.29, 1.82) is 0 Å². The average Bonchev–Trinajstić information content (AvgIpc) is 3.11. The molecule has 1 heterocycles. The number of piperidine rings is 1. The van der Waals surface area contributed by atoms with Gasteiger partial charge in [0.1, 0.15) is 5.82 Å². The van der Waals surface area contributed by atoms with E-state index in [9.17, 15) is 9.18 Å². The van der Waals surface area contributed by atoms with Gasteiger partial charge in [-0.3, -0.25) is 4.79 Å². The van der Waals surface area contributed by atoms with Crippen LogP contribution < -0.4 is 5.32 Å². The number of benzene rings is 1. The third-order valence-corrected chi connectivity index (χ3v) is 5.58. The standard InChI is InChI=1S/C20H29FN2O/c1-15-14-17(10-12-22-15)20(24)23(19-4-2-3-5-19)13-11-16-6-8-18(21)9-7-16/h6-9,15,17,19,22H,2-5,10-14H2,1H3/t15-,17-/m0/s1. The van der Waals surface area contributed by atoms with Crippen LogP contribution in [0, 0.1) is 11.7 Å². The van der Waals surface area contributed by atoms with Crippen molar-refractivity contribution in [3.63, 3.8) is 0 Å². The molecule has 0 radical (unpaired) electrons. The molecule has 4 heteroatoms. The fourth-order valence-electron chi connectivity index (χ4n) is 4.18. The highest BCUT2D eigenvalue weighted by Crippen LogP contribution is 2.27. The van der Waals surface area contributed by atoms with E-state index < -0.39 is 0 Å². The quantitative estimate of drug-likeness (QED) is 0.895. The van der Waals surface area contributed by atoms with Crippen molar-refractivity contribution in [2.75, 3.05) is 13.1 Å². The van der Waals surface area contributed by atoms with Crippen LogP contribution in [-0.2, 0) is 11.2 Å². The molecule has 1 aromatic rings. The van der Waals surface area contributed by atoms with Crippen molar-refractivity contribution in [2.45, 2.75) is 64.0 Å². The van der Waals surface area contributed by atoms with Gasteiger partial charge in [-0.1, -0.05) is 25.0 Å². The Kier molecular flexibility index (Phi) is 5.88. The predicted octanol–water partition coefficient (Wildman–Crippen LogP) is 3.53. The number of rotatable bonds is 5. The summed E-state index contributed by atoms with van der Waals surface area (Å²) >= 11 is 0. The van der Waals surface area contributed by atoms with Gasteiger partial charge in [0.2, 0.25) is 5.91 Å². The Morgan fingerprint density at radius 2 is 1.92 bits per heavy atom. The van der Waals surface area contributed by atoms with Crippen LogP contribution in [0.25, 0.3) is 0 Å². The van der Waals surface area contributed by atoms with Crippen LogP contribution in [0.5, 0.6) is 0 Å². The Balaban J connectivity index is 1.66. The van der Waals surface area contributed by atoms with Gasteiger partial charge in [-0.05, 0) is 63.3 Å². The number of hydrogen-bond donors (Lipinski definition) is 1. The first-order valence-corrected chi connectivity index (χ1v) is 9.42. The van der Waals surface area contributed by atoms with E-state index >= 15 is 0 Å². The summed E-state index contributed by atoms with van der Waals surface area (Å²) in [5.41, 5.74) is 1.10. The summed E-state index contributed by atoms with van der Waals surface area (Å²) in [6, 6.07) is 7.51. The third-order valence-electron chi connectivity index (χ3n) is 5.58. The van der Waals surface area contributed by atoms with Gasteiger partial charge in [-0.2, -0.15) is 0 Å². The maximum absolute atomic E-state index is 13.1. The van der Waals surface area contributed by atoms with E-state index in [1.807, 2.05) is 12.1 Å². The molecule has 1 aliphatic heterocycles. The lowest BCUT2D eigenvalue weighted by Crippen LogP contribution is -2.47. The van der Waals surface area contributed by atoms with E-state index in [4.69, 9.17) is 0 Å². The number of nitrogens with zero attached hydrogens (tertiary/aromatic N) is 1. The second-order valence-corrected chi connectivity index (χ2v) is 7.42. The molecule has 1 saturated heterocycles. The van der Waals surface area contributed by atoms with Crippen LogP contribution in [0.2, 0.25) is 0 Å². The van der Waals surface area contributed by atoms with Crippen molar-refractivity contribution >= 4 is 5.91 Å². The molecule has 1 saturated carbocycles. The number of hydrogen-bond acceptors (Lipinski definition) is 2. The fourth-order valence-corrected chi connectivity index (χ4v) is 4.18. The summed E-state index contributed by atoms with van der Waals surface area (Å²) in [6.45, 7) is 3.86. The maximum atomic E-state index is 13.1. The second-order valence-electron chi connectivity index (χ2n) is 7.42. The van der Waals surface area contributed by atoms with Gasteiger partial charge in [0.05, 0.1) is 0 Å². The summed E-state index contributed by atoms with van der Waals surface area (Å²) in [5.74, 6) is 0.304. The normalized spacial score (nSPS) is 24.9. The molecule has 0 bridgehead atoms. The Labute approximate surface area is 144 Å². The fraction of sp³-hybridized carbons (Fsp3) is 0.650. The monoisotopic (exact) mass is 332 g/mol. The molecule has 0 spiro atoms. The molecule has 1 amide bonds. The first kappa shape index (κ1) is 17.4. The van der Waals surface area contributed by atoms with Crippen molar-refractivity contribution in [3.8, 4) is 0 Å². The molecule has 2 atom stereocenters. The van der Waals surface area contributed by atoms with Gasteiger partial charge in [-0.15, -0.1) is 0 Å². The lowest BCUT2D eigenvalue weighted by atomic mass is 9.91. The zero-order chi connectivity index (χ0) is 16.9. The van der Waals surface area contributed by atoms with Crippen molar-refractivity contribution in [3.05, 3.63) is 35.6 Å². The third kappa shape index (κ3) is 4.35. The Bertz CT molecular complexity index is 539. The molecule has 3 nitrogen and oxygen atoms in total. The van der Waals surface area contributed by atoms with E-state index in [2.05, 4.69) is 17.1 Å². The van der Waals surface area contributed by atoms with Gasteiger partial charge < -0.3 is 10.2 Å². The predicted molar refractivity (Wildman–Crippen MR) is 94.3 cm³/mol. The van der Waals surface area contributed by atoms with Gasteiger partial charge in [0, 0.05) is 24.5 Å². The van der Waals surface area contributed by atoms with Crippen molar-refractivity contribution < 1.29 is 9.18 Å². The van der Waals surface area contributed by atoms with E-state index in [0.717, 1.165) is 50.8 Å². The van der Waals surface area contributed by atoms with Crippen LogP contribution in [0.3, 0.4) is 0 Å². The smallest absolute Gasteiger partial charge is 0.226 e. The van der Waals surface area contributed by atoms with E-state index in [1.165, 1.54) is 25.0 Å². The van der Waals surface area contributed by atoms with Crippen LogP contribution >= 0.6 is 0 Å². The molecule has 24 heavy (non-hydrogen) atoms. The Morgan fingerprint density at radius 3 is 2.58 bits per heavy atom. The summed E-state index contributed by atoms with van der Waals surface area (Å²) in [5, 5.41) is 3.43. The van der Waals surface area contributed by atoms with Crippen molar-refractivity contribution in [2.24, 2.45) is 5.92 Å². The zero-order valence-electron chi connectivity index (χ0n) is 14.6. The SMILES string of the molecule is C[C@H]1C[C@@H](C(=O)N(CCc2ccc(F)cc2)C2CCCC2)CCN1. The summed E-state index contributed by atoms with van der Waals surface area (Å²) in [6.07, 6.45) is 7.43. The number of carbonyl (C=O) groups excluding carboxylic acids is 1. The summed E-state index contributed by atoms with van der Waals surface area (Å²) in [7, 11) is 0. The molecule has 1 aliphatic carbocycles. The van der Waals surface area contributed by atoms with Crippen LogP contribution in [0.15, 0.2) is 24.3 Å². The topological polar surface area (TPSA) is 32.3 Å². The highest BCUT2D eigenvalue weighted by atomic mass is 19.1. The minimum Gasteiger partial charge on any atom is -0.339 e. The Morgan fingerprint density at radius 1 is 1.21 bits per heavy atom. The van der Waals surface area contributed by atoms with Crippen LogP contribution in [0.1, 0.15) is 51.0 Å². The lowest BCUT2D eigenvalue weighted by molar-refractivity contribution is -0.139. The minimum atomic E-state index is -0.203. The summed E-state index contributed by atoms with van der Waals surface area (Å²) in [4.78, 5) is 15.3. The highest BCUT2D eigenvalue weighted by molar-refractivity contribution is 5.79. The van der Waals surface area contributed by atoms with Gasteiger partial charge in [0.15, 0.2) is 0 Å². The van der Waals surface area contributed by atoms with Gasteiger partial charge in [0.25, 0.3) is 0 Å². The summed E-state index contributed by atoms with van der Waals surface area (Å²) < 4.78 is 13.1. The molecule has 0 unspecified atom stereocenters. The van der Waals surface area contributed by atoms with Gasteiger partial charge in [-0.25, -0.2) is 4.39 Å². The maximum Gasteiger partial charge on any atom is 0.226 e. The molecule has 2 fully saturated rings. The molecule has 1 N–H and O–H groups in total. The molecule has 1 aromatic carbocycles. The van der Waals surface area contributed by atoms with E-state index in [-0.39, 0.29) is 11.7 Å². The highest BCUT2D eigenvalue weighted by Gasteiger charge is 2.33. The second kappa shape index (κ2) is 8.11. The van der Waals surface area contributed by atoms with Crippen molar-refractivity contribution in [1.82, 2.24) is 10.2 Å². The lowest BCUT2D eigenvalue weighted by Gasteiger charge is -2.35. The average molecular weight is 332 g/mol.